The van der Waals surface area contributed by atoms with Crippen LogP contribution >= 0.6 is 0 Å². The van der Waals surface area contributed by atoms with Crippen LogP contribution in [0.3, 0.4) is 0 Å². The average Bonchev–Trinajstić information content (AvgIpc) is 3.72. The molecule has 2 saturated heterocycles. The van der Waals surface area contributed by atoms with Crippen LogP contribution in [0.1, 0.15) is 49.7 Å². The van der Waals surface area contributed by atoms with Gasteiger partial charge < -0.3 is 29.3 Å². The number of carbonyl (C=O) groups is 2. The third-order valence-electron chi connectivity index (χ3n) is 9.68. The summed E-state index contributed by atoms with van der Waals surface area (Å²) in [4.78, 5) is 42.9. The normalized spacial score (nSPS) is 22.7. The number of β-amino-alcohol motifs (C(OH)–C–C–N with tert-alkyl or cyclic N) is 1. The van der Waals surface area contributed by atoms with Crippen LogP contribution in [-0.4, -0.2) is 89.2 Å². The van der Waals surface area contributed by atoms with Crippen molar-refractivity contribution in [2.45, 2.75) is 56.8 Å². The van der Waals surface area contributed by atoms with E-state index in [-0.39, 0.29) is 42.6 Å². The number of hydrogen-bond acceptors (Lipinski definition) is 8. The van der Waals surface area contributed by atoms with Crippen LogP contribution in [0, 0.1) is 22.0 Å². The molecule has 2 aliphatic heterocycles. The lowest BCUT2D eigenvalue weighted by Gasteiger charge is -2.40. The molecule has 0 unspecified atom stereocenters. The lowest BCUT2D eigenvalue weighted by atomic mass is 9.83. The summed E-state index contributed by atoms with van der Waals surface area (Å²) in [6.07, 6.45) is 6.70. The zero-order valence-corrected chi connectivity index (χ0v) is 26.0. The largest absolute Gasteiger partial charge is 0.497 e. The highest BCUT2D eigenvalue weighted by molar-refractivity contribution is 5.79. The van der Waals surface area contributed by atoms with Crippen LogP contribution in [0.15, 0.2) is 61.2 Å². The molecule has 3 fully saturated rings. The third-order valence-corrected chi connectivity index (χ3v) is 9.68. The number of non-ortho nitro benzene ring substituents is 1. The quantitative estimate of drug-likeness (QED) is 0.217. The van der Waals surface area contributed by atoms with Gasteiger partial charge in [-0.1, -0.05) is 31.1 Å². The van der Waals surface area contributed by atoms with Gasteiger partial charge in [-0.05, 0) is 61.1 Å². The van der Waals surface area contributed by atoms with Crippen molar-refractivity contribution < 1.29 is 29.1 Å². The molecular weight excluding hydrogens is 576 g/mol. The van der Waals surface area contributed by atoms with Crippen molar-refractivity contribution >= 4 is 17.7 Å². The zero-order chi connectivity index (χ0) is 32.0. The lowest BCUT2D eigenvalue weighted by molar-refractivity contribution is -0.384. The number of amides is 2. The van der Waals surface area contributed by atoms with E-state index in [0.717, 1.165) is 57.2 Å². The van der Waals surface area contributed by atoms with Gasteiger partial charge in [0.05, 0.1) is 18.6 Å². The topological polar surface area (TPSA) is 126 Å². The Morgan fingerprint density at radius 1 is 1.13 bits per heavy atom. The number of nitro benzene ring substituents is 1. The first-order valence-corrected chi connectivity index (χ1v) is 15.9. The molecule has 11 heteroatoms. The van der Waals surface area contributed by atoms with Crippen molar-refractivity contribution in [2.75, 3.05) is 46.4 Å². The predicted molar refractivity (Wildman–Crippen MR) is 169 cm³/mol. The molecule has 2 amide bonds. The Labute approximate surface area is 264 Å². The molecule has 1 aliphatic carbocycles. The van der Waals surface area contributed by atoms with E-state index < -0.39 is 16.6 Å². The van der Waals surface area contributed by atoms with E-state index in [9.17, 15) is 24.8 Å². The Hall–Kier alpha value is -3.96. The van der Waals surface area contributed by atoms with Gasteiger partial charge in [-0.15, -0.1) is 6.58 Å². The minimum Gasteiger partial charge on any atom is -0.497 e. The van der Waals surface area contributed by atoms with Crippen molar-refractivity contribution in [2.24, 2.45) is 11.8 Å². The Morgan fingerprint density at radius 3 is 2.49 bits per heavy atom. The molecule has 242 valence electrons. The van der Waals surface area contributed by atoms with E-state index >= 15 is 0 Å². The Balaban J connectivity index is 1.22. The smallest absolute Gasteiger partial charge is 0.410 e. The molecule has 0 spiro atoms. The molecule has 0 aromatic heterocycles. The van der Waals surface area contributed by atoms with E-state index in [1.54, 1.807) is 30.2 Å². The molecule has 5 rings (SSSR count). The van der Waals surface area contributed by atoms with E-state index in [2.05, 4.69) is 11.5 Å². The molecule has 1 N–H and O–H groups in total. The van der Waals surface area contributed by atoms with Crippen molar-refractivity contribution in [3.05, 3.63) is 82.4 Å². The van der Waals surface area contributed by atoms with Gasteiger partial charge in [0.2, 0.25) is 5.91 Å². The van der Waals surface area contributed by atoms with Crippen LogP contribution in [0.5, 0.6) is 5.75 Å². The summed E-state index contributed by atoms with van der Waals surface area (Å²) in [5.41, 5.74) is 0.216. The number of methoxy groups -OCH3 is 1. The lowest BCUT2D eigenvalue weighted by Crippen LogP contribution is -2.50. The van der Waals surface area contributed by atoms with Crippen LogP contribution in [-0.2, 0) is 21.7 Å². The number of benzene rings is 2. The zero-order valence-electron chi connectivity index (χ0n) is 26.0. The van der Waals surface area contributed by atoms with Gasteiger partial charge in [0.1, 0.15) is 18.0 Å². The van der Waals surface area contributed by atoms with Gasteiger partial charge >= 0.3 is 6.09 Å². The van der Waals surface area contributed by atoms with Crippen LogP contribution in [0.4, 0.5) is 10.5 Å². The van der Waals surface area contributed by atoms with E-state index in [4.69, 9.17) is 9.47 Å². The molecule has 2 aromatic rings. The molecule has 0 bridgehead atoms. The van der Waals surface area contributed by atoms with Crippen LogP contribution in [0.2, 0.25) is 0 Å². The summed E-state index contributed by atoms with van der Waals surface area (Å²) in [5, 5.41) is 23.1. The molecular formula is C34H44N4O7. The number of nitrogens with zero attached hydrogens (tertiary/aromatic N) is 4. The Bertz CT molecular complexity index is 1350. The summed E-state index contributed by atoms with van der Waals surface area (Å²) in [5.74, 6) is 0.693. The fourth-order valence-corrected chi connectivity index (χ4v) is 7.11. The Morgan fingerprint density at radius 2 is 1.84 bits per heavy atom. The second-order valence-corrected chi connectivity index (χ2v) is 12.5. The maximum atomic E-state index is 13.4. The second-order valence-electron chi connectivity index (χ2n) is 12.5. The number of likely N-dealkylation sites (tertiary alicyclic amines) is 2. The van der Waals surface area contributed by atoms with Gasteiger partial charge in [-0.25, -0.2) is 4.79 Å². The Kier molecular flexibility index (Phi) is 10.4. The average molecular weight is 621 g/mol. The summed E-state index contributed by atoms with van der Waals surface area (Å²) >= 11 is 0. The van der Waals surface area contributed by atoms with E-state index in [1.165, 1.54) is 12.1 Å². The summed E-state index contributed by atoms with van der Waals surface area (Å²) < 4.78 is 11.0. The first-order chi connectivity index (χ1) is 21.7. The first kappa shape index (κ1) is 32.4. The van der Waals surface area contributed by atoms with Crippen molar-refractivity contribution in [1.29, 1.82) is 0 Å². The molecule has 3 aliphatic rings. The van der Waals surface area contributed by atoms with Crippen molar-refractivity contribution in [3.8, 4) is 5.75 Å². The summed E-state index contributed by atoms with van der Waals surface area (Å²) in [7, 11) is 1.61. The van der Waals surface area contributed by atoms with Gasteiger partial charge in [-0.3, -0.25) is 14.9 Å². The number of rotatable bonds is 11. The van der Waals surface area contributed by atoms with Gasteiger partial charge in [0, 0.05) is 62.7 Å². The number of nitro groups is 1. The monoisotopic (exact) mass is 620 g/mol. The summed E-state index contributed by atoms with van der Waals surface area (Å²) in [6, 6.07) is 13.4. The van der Waals surface area contributed by atoms with Crippen LogP contribution in [0.25, 0.3) is 0 Å². The maximum absolute atomic E-state index is 13.4. The fraction of sp³-hybridized carbons (Fsp3) is 0.529. The van der Waals surface area contributed by atoms with Gasteiger partial charge in [-0.2, -0.15) is 0 Å². The molecule has 0 radical (unpaired) electrons. The number of piperidine rings is 1. The first-order valence-electron chi connectivity index (χ1n) is 15.9. The SMILES string of the molecule is C=CCN(C(=O)OCc1ccc([N+](=O)[O-])cc1)C1CCN(C[C@H]2CN(C(=O)C3CCCC3)C[C@]2(O)c2cccc(OC)c2)CC1. The predicted octanol–water partition coefficient (Wildman–Crippen LogP) is 4.73. The van der Waals surface area contributed by atoms with Gasteiger partial charge in [0.15, 0.2) is 0 Å². The number of hydrogen-bond donors (Lipinski definition) is 1. The summed E-state index contributed by atoms with van der Waals surface area (Å²) in [6.45, 7) is 7.04. The third kappa shape index (κ3) is 7.48. The van der Waals surface area contributed by atoms with Crippen molar-refractivity contribution in [3.63, 3.8) is 0 Å². The minimum absolute atomic E-state index is 0.0159. The highest BCUT2D eigenvalue weighted by atomic mass is 16.6. The molecule has 2 heterocycles. The number of ether oxygens (including phenoxy) is 2. The minimum atomic E-state index is -1.20. The molecule has 45 heavy (non-hydrogen) atoms. The molecule has 2 aromatic carbocycles. The molecule has 2 atom stereocenters. The highest BCUT2D eigenvalue weighted by Gasteiger charge is 2.49. The standard InChI is InChI=1S/C34H44N4O7/c1-3-17-37(33(40)45-23-25-11-13-30(14-12-25)38(42)43)29-15-18-35(19-16-29)21-28-22-36(32(39)26-7-4-5-8-26)24-34(28,41)27-9-6-10-31(20-27)44-2/h3,6,9-14,20,26,28-29,41H,1,4-5,7-8,15-19,21-24H2,2H3/t28-,34-/m0/s1. The number of carbonyl (C=O) groups excluding carboxylic acids is 2. The van der Waals surface area contributed by atoms with Gasteiger partial charge in [0.25, 0.3) is 5.69 Å². The van der Waals surface area contributed by atoms with E-state index in [0.29, 0.717) is 30.9 Å². The second kappa shape index (κ2) is 14.4. The molecule has 1 saturated carbocycles. The fourth-order valence-electron chi connectivity index (χ4n) is 7.11. The van der Waals surface area contributed by atoms with Crippen molar-refractivity contribution in [1.82, 2.24) is 14.7 Å². The molecule has 11 nitrogen and oxygen atoms in total. The van der Waals surface area contributed by atoms with E-state index in [1.807, 2.05) is 29.2 Å². The maximum Gasteiger partial charge on any atom is 0.410 e. The number of aliphatic hydroxyl groups is 1. The highest BCUT2D eigenvalue weighted by Crippen LogP contribution is 2.41. The van der Waals surface area contributed by atoms with Crippen LogP contribution < -0.4 is 4.74 Å².